The highest BCUT2D eigenvalue weighted by Gasteiger charge is 2.41. The average Bonchev–Trinajstić information content (AvgIpc) is 2.37. The first-order chi connectivity index (χ1) is 8.54. The van der Waals surface area contributed by atoms with Crippen molar-refractivity contribution in [3.63, 3.8) is 0 Å². The number of allylic oxidation sites excluding steroid dienone is 2. The van der Waals surface area contributed by atoms with E-state index in [0.29, 0.717) is 5.82 Å². The maximum Gasteiger partial charge on any atom is 0.415 e. The number of hydrogen-bond acceptors (Lipinski definition) is 3. The molecule has 2 heterocycles. The van der Waals surface area contributed by atoms with E-state index < -0.39 is 17.8 Å². The molecule has 0 saturated carbocycles. The van der Waals surface area contributed by atoms with Gasteiger partial charge in [-0.2, -0.15) is 13.2 Å². The van der Waals surface area contributed by atoms with Crippen molar-refractivity contribution in [2.45, 2.75) is 12.2 Å². The Labute approximate surface area is 101 Å². The fourth-order valence-electron chi connectivity index (χ4n) is 1.71. The fourth-order valence-corrected chi connectivity index (χ4v) is 1.71. The predicted octanol–water partition coefficient (Wildman–Crippen LogP) is 2.47. The monoisotopic (exact) mass is 254 g/mol. The Morgan fingerprint density at radius 1 is 1.33 bits per heavy atom. The minimum absolute atomic E-state index is 0.261. The van der Waals surface area contributed by atoms with Crippen LogP contribution in [0.2, 0.25) is 0 Å². The van der Waals surface area contributed by atoms with E-state index in [9.17, 15) is 18.0 Å². The van der Waals surface area contributed by atoms with E-state index in [1.54, 1.807) is 18.2 Å². The molecule has 6 heteroatoms. The highest BCUT2D eigenvalue weighted by Crippen LogP contribution is 2.33. The van der Waals surface area contributed by atoms with Gasteiger partial charge in [-0.3, -0.25) is 0 Å². The van der Waals surface area contributed by atoms with Crippen molar-refractivity contribution in [3.8, 4) is 0 Å². The zero-order chi connectivity index (χ0) is 13.2. The lowest BCUT2D eigenvalue weighted by molar-refractivity contribution is -0.115. The Morgan fingerprint density at radius 3 is 2.67 bits per heavy atom. The quantitative estimate of drug-likeness (QED) is 0.760. The molecule has 0 radical (unpaired) electrons. The number of rotatable bonds is 2. The normalized spacial score (nSPS) is 19.6. The molecule has 0 amide bonds. The van der Waals surface area contributed by atoms with Crippen molar-refractivity contribution in [2.75, 3.05) is 4.90 Å². The Kier molecular flexibility index (Phi) is 3.18. The molecule has 1 atom stereocenters. The average molecular weight is 254 g/mol. The third-order valence-electron chi connectivity index (χ3n) is 2.51. The molecule has 0 spiro atoms. The molecule has 1 aromatic heterocycles. The molecule has 1 aromatic rings. The first kappa shape index (κ1) is 12.3. The zero-order valence-electron chi connectivity index (χ0n) is 9.13. The Balaban J connectivity index is 2.39. The first-order valence-electron chi connectivity index (χ1n) is 5.14. The third-order valence-corrected chi connectivity index (χ3v) is 2.51. The molecule has 94 valence electrons. The van der Waals surface area contributed by atoms with Crippen LogP contribution in [0.1, 0.15) is 0 Å². The molecule has 1 aliphatic rings. The number of hydrogen-bond donors (Lipinski definition) is 0. The summed E-state index contributed by atoms with van der Waals surface area (Å²) >= 11 is 0. The van der Waals surface area contributed by atoms with E-state index in [-0.39, 0.29) is 6.29 Å². The standard InChI is InChI=1S/C12H9F3N2O/c13-12(14,15)9-4-3-7-17(10(9)8-18)11-5-1-2-6-16-11/h1-8,10H. The lowest BCUT2D eigenvalue weighted by Gasteiger charge is -2.30. The second kappa shape index (κ2) is 4.64. The van der Waals surface area contributed by atoms with Gasteiger partial charge in [0.2, 0.25) is 0 Å². The van der Waals surface area contributed by atoms with Gasteiger partial charge in [0.15, 0.2) is 0 Å². The van der Waals surface area contributed by atoms with E-state index in [2.05, 4.69) is 4.98 Å². The zero-order valence-corrected chi connectivity index (χ0v) is 9.13. The van der Waals surface area contributed by atoms with Crippen molar-refractivity contribution in [1.82, 2.24) is 4.98 Å². The number of carbonyl (C=O) groups excluding carboxylic acids is 1. The Bertz CT molecular complexity index is 494. The minimum Gasteiger partial charge on any atom is -0.319 e. The summed E-state index contributed by atoms with van der Waals surface area (Å²) in [7, 11) is 0. The largest absolute Gasteiger partial charge is 0.415 e. The maximum atomic E-state index is 12.8. The van der Waals surface area contributed by atoms with Crippen molar-refractivity contribution >= 4 is 12.1 Å². The summed E-state index contributed by atoms with van der Waals surface area (Å²) in [4.78, 5) is 16.1. The lowest BCUT2D eigenvalue weighted by Crippen LogP contribution is -2.40. The second-order valence-corrected chi connectivity index (χ2v) is 3.64. The molecule has 0 N–H and O–H groups in total. The molecule has 2 rings (SSSR count). The molecule has 1 unspecified atom stereocenters. The maximum absolute atomic E-state index is 12.8. The van der Waals surface area contributed by atoms with Gasteiger partial charge in [-0.25, -0.2) is 4.98 Å². The highest BCUT2D eigenvalue weighted by molar-refractivity contribution is 5.73. The summed E-state index contributed by atoms with van der Waals surface area (Å²) < 4.78 is 38.3. The number of nitrogens with zero attached hydrogens (tertiary/aromatic N) is 2. The van der Waals surface area contributed by atoms with Crippen LogP contribution in [-0.4, -0.2) is 23.5 Å². The van der Waals surface area contributed by atoms with E-state index in [4.69, 9.17) is 0 Å². The van der Waals surface area contributed by atoms with Gasteiger partial charge in [-0.15, -0.1) is 0 Å². The third kappa shape index (κ3) is 2.27. The first-order valence-corrected chi connectivity index (χ1v) is 5.14. The molecule has 1 aliphatic heterocycles. The Hall–Kier alpha value is -2.11. The molecule has 0 bridgehead atoms. The van der Waals surface area contributed by atoms with Crippen LogP contribution in [0.3, 0.4) is 0 Å². The number of carbonyl (C=O) groups is 1. The predicted molar refractivity (Wildman–Crippen MR) is 59.8 cm³/mol. The summed E-state index contributed by atoms with van der Waals surface area (Å²) in [6.45, 7) is 0. The number of alkyl halides is 3. The molecule has 0 saturated heterocycles. The van der Waals surface area contributed by atoms with Crippen LogP contribution in [0.4, 0.5) is 19.0 Å². The van der Waals surface area contributed by atoms with Crippen molar-refractivity contribution < 1.29 is 18.0 Å². The van der Waals surface area contributed by atoms with Crippen LogP contribution in [0.5, 0.6) is 0 Å². The van der Waals surface area contributed by atoms with Gasteiger partial charge in [0.25, 0.3) is 0 Å². The van der Waals surface area contributed by atoms with Crippen LogP contribution in [0.25, 0.3) is 0 Å². The van der Waals surface area contributed by atoms with Crippen molar-refractivity contribution in [2.24, 2.45) is 0 Å². The molecule has 3 nitrogen and oxygen atoms in total. The second-order valence-electron chi connectivity index (χ2n) is 3.64. The summed E-state index contributed by atoms with van der Waals surface area (Å²) in [6, 6.07) is 3.43. The number of pyridine rings is 1. The van der Waals surface area contributed by atoms with Crippen molar-refractivity contribution in [1.29, 1.82) is 0 Å². The van der Waals surface area contributed by atoms with Gasteiger partial charge in [0.1, 0.15) is 18.1 Å². The summed E-state index contributed by atoms with van der Waals surface area (Å²) in [5.74, 6) is 0.292. The smallest absolute Gasteiger partial charge is 0.319 e. The van der Waals surface area contributed by atoms with Gasteiger partial charge in [-0.05, 0) is 18.2 Å². The van der Waals surface area contributed by atoms with E-state index >= 15 is 0 Å². The van der Waals surface area contributed by atoms with Gasteiger partial charge in [0.05, 0.1) is 5.57 Å². The molecule has 0 aromatic carbocycles. The molecular weight excluding hydrogens is 245 g/mol. The molecule has 0 aliphatic carbocycles. The van der Waals surface area contributed by atoms with E-state index in [1.165, 1.54) is 23.4 Å². The number of anilines is 1. The van der Waals surface area contributed by atoms with Gasteiger partial charge in [0, 0.05) is 12.4 Å². The lowest BCUT2D eigenvalue weighted by atomic mass is 10.0. The SMILES string of the molecule is O=CC1C(C(F)(F)F)=CC=CN1c1ccccn1. The molecule has 0 fully saturated rings. The van der Waals surface area contributed by atoms with Crippen LogP contribution in [0, 0.1) is 0 Å². The number of aromatic nitrogens is 1. The van der Waals surface area contributed by atoms with Crippen LogP contribution in [-0.2, 0) is 4.79 Å². The summed E-state index contributed by atoms with van der Waals surface area (Å²) in [5, 5.41) is 0. The van der Waals surface area contributed by atoms with Crippen molar-refractivity contribution in [3.05, 3.63) is 48.3 Å². The Morgan fingerprint density at radius 2 is 2.11 bits per heavy atom. The number of halogens is 3. The minimum atomic E-state index is -4.54. The number of aldehydes is 1. The highest BCUT2D eigenvalue weighted by atomic mass is 19.4. The molecular formula is C12H9F3N2O. The van der Waals surface area contributed by atoms with Crippen LogP contribution < -0.4 is 4.90 Å². The van der Waals surface area contributed by atoms with Crippen LogP contribution >= 0.6 is 0 Å². The topological polar surface area (TPSA) is 33.2 Å². The van der Waals surface area contributed by atoms with E-state index in [0.717, 1.165) is 6.08 Å². The molecule has 18 heavy (non-hydrogen) atoms. The van der Waals surface area contributed by atoms with E-state index in [1.807, 2.05) is 0 Å². The van der Waals surface area contributed by atoms with Gasteiger partial charge in [-0.1, -0.05) is 12.1 Å². The van der Waals surface area contributed by atoms with Crippen LogP contribution in [0.15, 0.2) is 48.3 Å². The summed E-state index contributed by atoms with van der Waals surface area (Å²) in [6.07, 6.45) is 0.726. The fraction of sp³-hybridized carbons (Fsp3) is 0.167. The van der Waals surface area contributed by atoms with Gasteiger partial charge < -0.3 is 9.69 Å². The van der Waals surface area contributed by atoms with Gasteiger partial charge >= 0.3 is 6.18 Å². The summed E-state index contributed by atoms with van der Waals surface area (Å²) in [5.41, 5.74) is -0.898.